The minimum atomic E-state index is -0.592. The zero-order chi connectivity index (χ0) is 27.1. The van der Waals surface area contributed by atoms with E-state index >= 15 is 0 Å². The number of rotatable bonds is 7. The number of carbonyl (C=O) groups excluding carboxylic acids is 1. The highest BCUT2D eigenvalue weighted by molar-refractivity contribution is 5.97. The van der Waals surface area contributed by atoms with Crippen molar-refractivity contribution in [1.29, 1.82) is 0 Å². The van der Waals surface area contributed by atoms with Crippen LogP contribution in [0, 0.1) is 11.8 Å². The van der Waals surface area contributed by atoms with Crippen LogP contribution < -0.4 is 16.0 Å². The summed E-state index contributed by atoms with van der Waals surface area (Å²) in [6.07, 6.45) is 8.50. The van der Waals surface area contributed by atoms with Gasteiger partial charge in [0.05, 0.1) is 16.9 Å². The maximum absolute atomic E-state index is 12.5. The zero-order valence-corrected chi connectivity index (χ0v) is 22.9. The molecule has 1 fully saturated rings. The van der Waals surface area contributed by atoms with Crippen LogP contribution in [0.25, 0.3) is 0 Å². The van der Waals surface area contributed by atoms with Crippen molar-refractivity contribution in [3.05, 3.63) is 59.5 Å². The molecule has 1 aromatic carbocycles. The molecule has 0 radical (unpaired) electrons. The fourth-order valence-electron chi connectivity index (χ4n) is 4.44. The lowest BCUT2D eigenvalue weighted by molar-refractivity contribution is 0.228. The van der Waals surface area contributed by atoms with Gasteiger partial charge in [0.25, 0.3) is 0 Å². The number of likely N-dealkylation sites (tertiary alicyclic amines) is 1. The van der Waals surface area contributed by atoms with E-state index in [0.717, 1.165) is 30.8 Å². The van der Waals surface area contributed by atoms with Gasteiger partial charge in [-0.25, -0.2) is 19.7 Å². The number of anilines is 3. The number of hydrogen-bond donors (Lipinski definition) is 2. The summed E-state index contributed by atoms with van der Waals surface area (Å²) in [4.78, 5) is 25.2. The molecule has 200 valence electrons. The monoisotopic (exact) mass is 514 g/mol. The molecular formula is C29H38N8O. The van der Waals surface area contributed by atoms with Crippen LogP contribution in [0.3, 0.4) is 0 Å². The smallest absolute Gasteiger partial charge is 0.325 e. The molecule has 38 heavy (non-hydrogen) atoms. The van der Waals surface area contributed by atoms with E-state index < -0.39 is 6.03 Å². The number of carbonyl (C=O) groups is 1. The van der Waals surface area contributed by atoms with Crippen LogP contribution in [0.2, 0.25) is 0 Å². The third kappa shape index (κ3) is 7.11. The van der Waals surface area contributed by atoms with Gasteiger partial charge in [0, 0.05) is 43.0 Å². The normalized spacial score (nSPS) is 14.0. The lowest BCUT2D eigenvalue weighted by Crippen LogP contribution is -2.32. The molecule has 0 bridgehead atoms. The second-order valence-electron chi connectivity index (χ2n) is 10.7. The molecule has 4 rings (SSSR count). The first-order chi connectivity index (χ1) is 18.2. The van der Waals surface area contributed by atoms with Crippen molar-refractivity contribution >= 4 is 23.5 Å². The second-order valence-corrected chi connectivity index (χ2v) is 10.7. The SMILES string of the molecule is Cn1nc(C(C)(C)C)cc1N(C(N)=O)c1cccc(C#Cc2cnc(NCCCN3CCCCC3)nc2)c1. The minimum absolute atomic E-state index is 0.160. The highest BCUT2D eigenvalue weighted by atomic mass is 16.2. The zero-order valence-electron chi connectivity index (χ0n) is 22.9. The molecule has 1 aliphatic heterocycles. The van der Waals surface area contributed by atoms with E-state index in [0.29, 0.717) is 23.0 Å². The van der Waals surface area contributed by atoms with Crippen molar-refractivity contribution in [3.63, 3.8) is 0 Å². The summed E-state index contributed by atoms with van der Waals surface area (Å²) in [6.45, 7) is 10.6. The van der Waals surface area contributed by atoms with E-state index in [1.54, 1.807) is 24.1 Å². The van der Waals surface area contributed by atoms with Gasteiger partial charge in [-0.15, -0.1) is 0 Å². The molecule has 1 aliphatic rings. The van der Waals surface area contributed by atoms with Crippen molar-refractivity contribution in [3.8, 4) is 11.8 Å². The first-order valence-electron chi connectivity index (χ1n) is 13.2. The predicted molar refractivity (Wildman–Crippen MR) is 151 cm³/mol. The number of nitrogens with two attached hydrogens (primary N) is 1. The Morgan fingerprint density at radius 1 is 1.08 bits per heavy atom. The van der Waals surface area contributed by atoms with E-state index in [-0.39, 0.29) is 5.41 Å². The summed E-state index contributed by atoms with van der Waals surface area (Å²) in [5, 5.41) is 7.87. The number of nitrogens with one attached hydrogen (secondary N) is 1. The number of aryl methyl sites for hydroxylation is 1. The van der Waals surface area contributed by atoms with Gasteiger partial charge in [0.2, 0.25) is 5.95 Å². The topological polar surface area (TPSA) is 105 Å². The average molecular weight is 515 g/mol. The Labute approximate surface area is 225 Å². The van der Waals surface area contributed by atoms with E-state index in [9.17, 15) is 4.79 Å². The number of hydrogen-bond acceptors (Lipinski definition) is 6. The van der Waals surface area contributed by atoms with Crippen molar-refractivity contribution in [2.75, 3.05) is 36.4 Å². The largest absolute Gasteiger partial charge is 0.354 e. The molecule has 9 heteroatoms. The lowest BCUT2D eigenvalue weighted by atomic mass is 9.92. The fourth-order valence-corrected chi connectivity index (χ4v) is 4.44. The predicted octanol–water partition coefficient (Wildman–Crippen LogP) is 4.41. The molecule has 9 nitrogen and oxygen atoms in total. The van der Waals surface area contributed by atoms with Gasteiger partial charge in [-0.3, -0.25) is 4.68 Å². The van der Waals surface area contributed by atoms with Crippen LogP contribution >= 0.6 is 0 Å². The standard InChI is InChI=1S/C29H38N8O/c1-29(2,3)25-19-26(35(4)34-25)37(27(30)38)24-11-8-10-22(18-24)12-13-23-20-32-28(33-21-23)31-14-9-17-36-15-6-5-7-16-36/h8,10-11,18-21H,5-7,9,14-17H2,1-4H3,(H2,30,38)(H,31,32,33). The van der Waals surface area contributed by atoms with Crippen LogP contribution in [0.5, 0.6) is 0 Å². The molecule has 0 atom stereocenters. The molecule has 3 N–H and O–H groups in total. The van der Waals surface area contributed by atoms with Gasteiger partial charge in [0.1, 0.15) is 5.82 Å². The number of nitrogens with zero attached hydrogens (tertiary/aromatic N) is 6. The molecule has 3 heterocycles. The molecule has 2 amide bonds. The molecule has 2 aromatic heterocycles. The Kier molecular flexibility index (Phi) is 8.64. The second kappa shape index (κ2) is 12.1. The third-order valence-corrected chi connectivity index (χ3v) is 6.56. The Morgan fingerprint density at radius 3 is 2.45 bits per heavy atom. The number of aromatic nitrogens is 4. The average Bonchev–Trinajstić information content (AvgIpc) is 3.28. The molecule has 0 spiro atoms. The summed E-state index contributed by atoms with van der Waals surface area (Å²) in [5.74, 6) is 7.46. The highest BCUT2D eigenvalue weighted by Crippen LogP contribution is 2.30. The maximum atomic E-state index is 12.5. The van der Waals surface area contributed by atoms with Gasteiger partial charge < -0.3 is 16.0 Å². The highest BCUT2D eigenvalue weighted by Gasteiger charge is 2.24. The van der Waals surface area contributed by atoms with Crippen molar-refractivity contribution in [2.24, 2.45) is 12.8 Å². The first-order valence-corrected chi connectivity index (χ1v) is 13.2. The van der Waals surface area contributed by atoms with Crippen LogP contribution in [0.1, 0.15) is 63.3 Å². The number of amides is 2. The minimum Gasteiger partial charge on any atom is -0.354 e. The molecule has 0 aliphatic carbocycles. The fraction of sp³-hybridized carbons (Fsp3) is 0.448. The molecule has 1 saturated heterocycles. The number of primary amides is 1. The van der Waals surface area contributed by atoms with E-state index in [2.05, 4.69) is 57.9 Å². The summed E-state index contributed by atoms with van der Waals surface area (Å²) in [5.41, 5.74) is 8.57. The lowest BCUT2D eigenvalue weighted by Gasteiger charge is -2.26. The first kappa shape index (κ1) is 27.1. The molecular weight excluding hydrogens is 476 g/mol. The number of urea groups is 1. The Bertz CT molecular complexity index is 1290. The van der Waals surface area contributed by atoms with Gasteiger partial charge >= 0.3 is 6.03 Å². The summed E-state index contributed by atoms with van der Waals surface area (Å²) >= 11 is 0. The van der Waals surface area contributed by atoms with Crippen LogP contribution in [-0.4, -0.2) is 56.9 Å². The van der Waals surface area contributed by atoms with Crippen molar-refractivity contribution in [2.45, 2.75) is 51.9 Å². The van der Waals surface area contributed by atoms with Gasteiger partial charge in [-0.1, -0.05) is 45.1 Å². The van der Waals surface area contributed by atoms with Crippen LogP contribution in [0.15, 0.2) is 42.7 Å². The molecule has 0 saturated carbocycles. The quantitative estimate of drug-likeness (QED) is 0.357. The van der Waals surface area contributed by atoms with E-state index in [1.807, 2.05) is 30.3 Å². The van der Waals surface area contributed by atoms with Crippen LogP contribution in [0.4, 0.5) is 22.2 Å². The Morgan fingerprint density at radius 2 is 1.79 bits per heavy atom. The van der Waals surface area contributed by atoms with Crippen molar-refractivity contribution in [1.82, 2.24) is 24.6 Å². The van der Waals surface area contributed by atoms with Gasteiger partial charge in [-0.2, -0.15) is 5.10 Å². The molecule has 3 aromatic rings. The van der Waals surface area contributed by atoms with Gasteiger partial charge in [0.15, 0.2) is 0 Å². The number of piperidine rings is 1. The van der Waals surface area contributed by atoms with Crippen molar-refractivity contribution < 1.29 is 4.79 Å². The Hall–Kier alpha value is -3.90. The summed E-state index contributed by atoms with van der Waals surface area (Å²) < 4.78 is 1.67. The van der Waals surface area contributed by atoms with Crippen LogP contribution in [-0.2, 0) is 12.5 Å². The third-order valence-electron chi connectivity index (χ3n) is 6.56. The number of benzene rings is 1. The summed E-state index contributed by atoms with van der Waals surface area (Å²) in [7, 11) is 1.80. The molecule has 0 unspecified atom stereocenters. The Balaban J connectivity index is 1.40. The van der Waals surface area contributed by atoms with Gasteiger partial charge in [-0.05, 0) is 57.1 Å². The van der Waals surface area contributed by atoms with E-state index in [1.165, 1.54) is 37.3 Å². The summed E-state index contributed by atoms with van der Waals surface area (Å²) in [6, 6.07) is 8.70. The van der Waals surface area contributed by atoms with E-state index in [4.69, 9.17) is 5.73 Å². The maximum Gasteiger partial charge on any atom is 0.325 e.